The van der Waals surface area contributed by atoms with Gasteiger partial charge in [0.1, 0.15) is 0 Å². The number of rotatable bonds is 9. The van der Waals surface area contributed by atoms with Gasteiger partial charge in [-0.2, -0.15) is 0 Å². The van der Waals surface area contributed by atoms with Crippen LogP contribution < -0.4 is 10.0 Å². The highest BCUT2D eigenvalue weighted by molar-refractivity contribution is 7.89. The number of likely N-dealkylation sites (N-methyl/N-ethyl adjacent to an activating group) is 1. The van der Waals surface area contributed by atoms with Crippen molar-refractivity contribution in [2.75, 3.05) is 26.2 Å². The third-order valence-electron chi connectivity index (χ3n) is 3.75. The Hall–Kier alpha value is -1.44. The second-order valence-electron chi connectivity index (χ2n) is 5.31. The van der Waals surface area contributed by atoms with Gasteiger partial charge in [-0.15, -0.1) is 0 Å². The summed E-state index contributed by atoms with van der Waals surface area (Å²) in [6.45, 7) is 10.7. The normalized spacial score (nSPS) is 13.1. The Morgan fingerprint density at radius 2 is 1.70 bits per heavy atom. The van der Waals surface area contributed by atoms with Gasteiger partial charge in [0.05, 0.1) is 4.90 Å². The van der Waals surface area contributed by atoms with Crippen LogP contribution in [0.1, 0.15) is 38.1 Å². The van der Waals surface area contributed by atoms with Gasteiger partial charge in [0.15, 0.2) is 0 Å². The summed E-state index contributed by atoms with van der Waals surface area (Å²) in [4.78, 5) is 14.6. The van der Waals surface area contributed by atoms with Crippen molar-refractivity contribution in [3.05, 3.63) is 29.8 Å². The fourth-order valence-corrected chi connectivity index (χ4v) is 3.42. The molecular formula is C16H27N3O3S. The van der Waals surface area contributed by atoms with Crippen LogP contribution in [-0.4, -0.2) is 51.4 Å². The van der Waals surface area contributed by atoms with Crippen molar-refractivity contribution in [3.8, 4) is 0 Å². The third-order valence-corrected chi connectivity index (χ3v) is 5.32. The number of carbonyl (C=O) groups excluding carboxylic acids is 1. The fraction of sp³-hybridized carbons (Fsp3) is 0.562. The van der Waals surface area contributed by atoms with Gasteiger partial charge in [-0.3, -0.25) is 9.69 Å². The average molecular weight is 341 g/mol. The van der Waals surface area contributed by atoms with Crippen LogP contribution in [-0.2, 0) is 10.0 Å². The second kappa shape index (κ2) is 9.00. The fourth-order valence-electron chi connectivity index (χ4n) is 2.38. The van der Waals surface area contributed by atoms with Gasteiger partial charge in [0, 0.05) is 24.7 Å². The van der Waals surface area contributed by atoms with Crippen molar-refractivity contribution in [1.29, 1.82) is 0 Å². The number of benzene rings is 1. The van der Waals surface area contributed by atoms with E-state index in [1.165, 1.54) is 24.3 Å². The summed E-state index contributed by atoms with van der Waals surface area (Å²) >= 11 is 0. The van der Waals surface area contributed by atoms with E-state index in [1.54, 1.807) is 6.92 Å². The second-order valence-corrected chi connectivity index (χ2v) is 7.07. The Labute approximate surface area is 139 Å². The van der Waals surface area contributed by atoms with Crippen LogP contribution in [0.25, 0.3) is 0 Å². The van der Waals surface area contributed by atoms with Crippen LogP contribution in [0.2, 0.25) is 0 Å². The lowest BCUT2D eigenvalue weighted by Gasteiger charge is -2.26. The summed E-state index contributed by atoms with van der Waals surface area (Å²) in [5.74, 6) is -0.198. The molecule has 6 nitrogen and oxygen atoms in total. The minimum atomic E-state index is -3.48. The maximum atomic E-state index is 12.1. The molecule has 23 heavy (non-hydrogen) atoms. The molecule has 7 heteroatoms. The largest absolute Gasteiger partial charge is 0.350 e. The van der Waals surface area contributed by atoms with E-state index in [-0.39, 0.29) is 16.8 Å². The number of sulfonamides is 1. The number of hydrogen-bond donors (Lipinski definition) is 2. The molecule has 0 aliphatic heterocycles. The highest BCUT2D eigenvalue weighted by Gasteiger charge is 2.15. The first kappa shape index (κ1) is 19.6. The van der Waals surface area contributed by atoms with E-state index in [9.17, 15) is 13.2 Å². The van der Waals surface area contributed by atoms with E-state index < -0.39 is 10.0 Å². The van der Waals surface area contributed by atoms with Crippen molar-refractivity contribution in [2.24, 2.45) is 0 Å². The molecule has 0 saturated carbocycles. The molecule has 130 valence electrons. The maximum Gasteiger partial charge on any atom is 0.251 e. The van der Waals surface area contributed by atoms with E-state index in [0.717, 1.165) is 13.1 Å². The molecule has 1 aromatic rings. The van der Waals surface area contributed by atoms with Gasteiger partial charge in [-0.25, -0.2) is 13.1 Å². The van der Waals surface area contributed by atoms with Crippen LogP contribution >= 0.6 is 0 Å². The van der Waals surface area contributed by atoms with Crippen LogP contribution in [0.3, 0.4) is 0 Å². The molecule has 0 aliphatic rings. The predicted molar refractivity (Wildman–Crippen MR) is 92.0 cm³/mol. The zero-order valence-electron chi connectivity index (χ0n) is 14.3. The van der Waals surface area contributed by atoms with Gasteiger partial charge in [0.2, 0.25) is 10.0 Å². The van der Waals surface area contributed by atoms with Crippen LogP contribution in [0.4, 0.5) is 0 Å². The standard InChI is InChI=1S/C16H27N3O3S/c1-5-18-23(21,22)15-10-8-14(9-11-15)16(20)17-12-13(4)19(6-2)7-3/h8-11,13,18H,5-7,12H2,1-4H3,(H,17,20). The summed E-state index contributed by atoms with van der Waals surface area (Å²) in [7, 11) is -3.48. The molecule has 1 aromatic carbocycles. The maximum absolute atomic E-state index is 12.1. The van der Waals surface area contributed by atoms with E-state index in [4.69, 9.17) is 0 Å². The first-order chi connectivity index (χ1) is 10.9. The summed E-state index contributed by atoms with van der Waals surface area (Å²) < 4.78 is 26.1. The Balaban J connectivity index is 2.68. The Morgan fingerprint density at radius 3 is 2.17 bits per heavy atom. The van der Waals surface area contributed by atoms with Gasteiger partial charge < -0.3 is 5.32 Å². The zero-order valence-corrected chi connectivity index (χ0v) is 15.1. The lowest BCUT2D eigenvalue weighted by Crippen LogP contribution is -2.42. The highest BCUT2D eigenvalue weighted by Crippen LogP contribution is 2.10. The van der Waals surface area contributed by atoms with Crippen molar-refractivity contribution in [1.82, 2.24) is 14.9 Å². The molecule has 0 aromatic heterocycles. The van der Waals surface area contributed by atoms with E-state index >= 15 is 0 Å². The quantitative estimate of drug-likeness (QED) is 0.712. The van der Waals surface area contributed by atoms with Crippen molar-refractivity contribution >= 4 is 15.9 Å². The van der Waals surface area contributed by atoms with E-state index in [1.807, 2.05) is 0 Å². The molecule has 1 rings (SSSR count). The average Bonchev–Trinajstić information content (AvgIpc) is 2.54. The van der Waals surface area contributed by atoms with Crippen LogP contribution in [0, 0.1) is 0 Å². The van der Waals surface area contributed by atoms with Crippen molar-refractivity contribution in [2.45, 2.75) is 38.6 Å². The van der Waals surface area contributed by atoms with Crippen LogP contribution in [0.5, 0.6) is 0 Å². The third kappa shape index (κ3) is 5.60. The summed E-state index contributed by atoms with van der Waals surface area (Å²) in [6, 6.07) is 6.20. The van der Waals surface area contributed by atoms with Crippen LogP contribution in [0.15, 0.2) is 29.2 Å². The number of hydrogen-bond acceptors (Lipinski definition) is 4. The number of nitrogens with one attached hydrogen (secondary N) is 2. The molecule has 1 unspecified atom stereocenters. The molecule has 1 atom stereocenters. The SMILES string of the molecule is CCNS(=O)(=O)c1ccc(C(=O)NCC(C)N(CC)CC)cc1. The van der Waals surface area contributed by atoms with E-state index in [0.29, 0.717) is 18.7 Å². The Kier molecular flexibility index (Phi) is 7.67. The Morgan fingerprint density at radius 1 is 1.13 bits per heavy atom. The molecule has 0 bridgehead atoms. The van der Waals surface area contributed by atoms with Gasteiger partial charge in [-0.05, 0) is 44.3 Å². The molecule has 0 aliphatic carbocycles. The summed E-state index contributed by atoms with van der Waals surface area (Å²) in [6.07, 6.45) is 0. The molecule has 0 radical (unpaired) electrons. The van der Waals surface area contributed by atoms with Gasteiger partial charge in [-0.1, -0.05) is 20.8 Å². The number of nitrogens with zero attached hydrogens (tertiary/aromatic N) is 1. The first-order valence-corrected chi connectivity index (χ1v) is 9.45. The highest BCUT2D eigenvalue weighted by atomic mass is 32.2. The lowest BCUT2D eigenvalue weighted by molar-refractivity contribution is 0.0938. The number of amides is 1. The smallest absolute Gasteiger partial charge is 0.251 e. The predicted octanol–water partition coefficient (Wildman–Crippen LogP) is 1.44. The van der Waals surface area contributed by atoms with Gasteiger partial charge in [0.25, 0.3) is 5.91 Å². The number of carbonyl (C=O) groups is 1. The summed E-state index contributed by atoms with van der Waals surface area (Å²) in [5, 5.41) is 2.89. The molecule has 0 heterocycles. The summed E-state index contributed by atoms with van der Waals surface area (Å²) in [5.41, 5.74) is 0.451. The first-order valence-electron chi connectivity index (χ1n) is 7.97. The molecule has 1 amide bonds. The molecule has 0 fully saturated rings. The molecular weight excluding hydrogens is 314 g/mol. The van der Waals surface area contributed by atoms with Crippen molar-refractivity contribution < 1.29 is 13.2 Å². The molecule has 0 saturated heterocycles. The van der Waals surface area contributed by atoms with E-state index in [2.05, 4.69) is 35.7 Å². The minimum Gasteiger partial charge on any atom is -0.350 e. The lowest BCUT2D eigenvalue weighted by atomic mass is 10.2. The molecule has 0 spiro atoms. The zero-order chi connectivity index (χ0) is 17.5. The Bertz CT molecular complexity index is 596. The molecule has 2 N–H and O–H groups in total. The van der Waals surface area contributed by atoms with Crippen molar-refractivity contribution in [3.63, 3.8) is 0 Å². The minimum absolute atomic E-state index is 0.160. The monoisotopic (exact) mass is 341 g/mol. The topological polar surface area (TPSA) is 78.5 Å². The van der Waals surface area contributed by atoms with Gasteiger partial charge >= 0.3 is 0 Å².